The van der Waals surface area contributed by atoms with Gasteiger partial charge in [-0.05, 0) is 24.6 Å². The average Bonchev–Trinajstić information content (AvgIpc) is 2.42. The number of ether oxygens (including phenoxy) is 1. The summed E-state index contributed by atoms with van der Waals surface area (Å²) in [4.78, 5) is 22.7. The van der Waals surface area contributed by atoms with E-state index in [1.54, 1.807) is 24.3 Å². The topological polar surface area (TPSA) is 67.4 Å². The fourth-order valence-corrected chi connectivity index (χ4v) is 1.38. The largest absolute Gasteiger partial charge is 0.465 e. The molecule has 0 bridgehead atoms. The molecule has 5 nitrogen and oxygen atoms in total. The second-order valence-electron chi connectivity index (χ2n) is 3.78. The highest BCUT2D eigenvalue weighted by molar-refractivity contribution is 5.90. The monoisotopic (exact) mass is 250 g/mol. The Morgan fingerprint density at radius 2 is 2.11 bits per heavy atom. The molecule has 0 saturated carbocycles. The van der Waals surface area contributed by atoms with Gasteiger partial charge < -0.3 is 15.4 Å². The van der Waals surface area contributed by atoms with Crippen LogP contribution in [0.5, 0.6) is 0 Å². The molecule has 1 rings (SSSR count). The predicted octanol–water partition coefficient (Wildman–Crippen LogP) is 1.41. The smallest absolute Gasteiger partial charge is 0.337 e. The Hall–Kier alpha value is -2.04. The lowest BCUT2D eigenvalue weighted by Gasteiger charge is -2.08. The van der Waals surface area contributed by atoms with Crippen LogP contribution in [0.1, 0.15) is 23.7 Å². The number of hydrogen-bond donors (Lipinski definition) is 2. The van der Waals surface area contributed by atoms with Crippen LogP contribution in [0.25, 0.3) is 0 Å². The lowest BCUT2D eigenvalue weighted by molar-refractivity contribution is -0.119. The normalized spacial score (nSPS) is 9.67. The zero-order valence-electron chi connectivity index (χ0n) is 10.7. The van der Waals surface area contributed by atoms with Gasteiger partial charge >= 0.3 is 5.97 Å². The van der Waals surface area contributed by atoms with Crippen LogP contribution in [0.15, 0.2) is 24.3 Å². The van der Waals surface area contributed by atoms with E-state index in [4.69, 9.17) is 0 Å². The van der Waals surface area contributed by atoms with Crippen LogP contribution in [0.3, 0.4) is 0 Å². The molecule has 2 N–H and O–H groups in total. The highest BCUT2D eigenvalue weighted by atomic mass is 16.5. The van der Waals surface area contributed by atoms with Crippen molar-refractivity contribution in [2.75, 3.05) is 25.5 Å². The summed E-state index contributed by atoms with van der Waals surface area (Å²) < 4.78 is 4.62. The number of esters is 1. The van der Waals surface area contributed by atoms with E-state index in [1.165, 1.54) is 7.11 Å². The Bertz CT molecular complexity index is 418. The van der Waals surface area contributed by atoms with Crippen molar-refractivity contribution in [3.8, 4) is 0 Å². The number of amides is 1. The molecule has 0 aliphatic carbocycles. The minimum atomic E-state index is -0.394. The van der Waals surface area contributed by atoms with Gasteiger partial charge in [-0.3, -0.25) is 4.79 Å². The van der Waals surface area contributed by atoms with Crippen molar-refractivity contribution < 1.29 is 14.3 Å². The number of carbonyl (C=O) groups is 2. The van der Waals surface area contributed by atoms with E-state index >= 15 is 0 Å². The summed E-state index contributed by atoms with van der Waals surface area (Å²) >= 11 is 0. The molecule has 0 saturated heterocycles. The molecule has 0 fully saturated rings. The van der Waals surface area contributed by atoms with Crippen molar-refractivity contribution in [1.82, 2.24) is 5.32 Å². The molecule has 0 aliphatic heterocycles. The second-order valence-corrected chi connectivity index (χ2v) is 3.78. The molecule has 98 valence electrons. The standard InChI is InChI=1S/C13H18N2O3/c1-3-7-14-12(16)9-15-11-6-4-5-10(8-11)13(17)18-2/h4-6,8,15H,3,7,9H2,1-2H3,(H,14,16). The lowest BCUT2D eigenvalue weighted by atomic mass is 10.2. The molecule has 0 spiro atoms. The van der Waals surface area contributed by atoms with E-state index in [0.29, 0.717) is 17.8 Å². The van der Waals surface area contributed by atoms with Gasteiger partial charge in [-0.15, -0.1) is 0 Å². The first-order valence-corrected chi connectivity index (χ1v) is 5.86. The fourth-order valence-electron chi connectivity index (χ4n) is 1.38. The van der Waals surface area contributed by atoms with Crippen LogP contribution in [0.2, 0.25) is 0 Å². The van der Waals surface area contributed by atoms with Crippen molar-refractivity contribution in [3.05, 3.63) is 29.8 Å². The van der Waals surface area contributed by atoms with Crippen molar-refractivity contribution in [3.63, 3.8) is 0 Å². The SMILES string of the molecule is CCCNC(=O)CNc1cccc(C(=O)OC)c1. The minimum absolute atomic E-state index is 0.0691. The summed E-state index contributed by atoms with van der Waals surface area (Å²) in [5.74, 6) is -0.464. The molecule has 0 aromatic heterocycles. The van der Waals surface area contributed by atoms with Crippen LogP contribution in [-0.4, -0.2) is 32.1 Å². The van der Waals surface area contributed by atoms with Gasteiger partial charge in [0.05, 0.1) is 19.2 Å². The molecule has 5 heteroatoms. The first-order valence-electron chi connectivity index (χ1n) is 5.86. The van der Waals surface area contributed by atoms with E-state index in [2.05, 4.69) is 15.4 Å². The summed E-state index contributed by atoms with van der Waals surface area (Å²) in [5.41, 5.74) is 1.17. The summed E-state index contributed by atoms with van der Waals surface area (Å²) in [6, 6.07) is 6.84. The van der Waals surface area contributed by atoms with E-state index < -0.39 is 5.97 Å². The maximum atomic E-state index is 11.4. The van der Waals surface area contributed by atoms with Gasteiger partial charge in [0.2, 0.25) is 5.91 Å². The summed E-state index contributed by atoms with van der Waals surface area (Å²) in [5, 5.41) is 5.71. The minimum Gasteiger partial charge on any atom is -0.465 e. The molecule has 18 heavy (non-hydrogen) atoms. The van der Waals surface area contributed by atoms with Gasteiger partial charge in [-0.2, -0.15) is 0 Å². The van der Waals surface area contributed by atoms with E-state index in [0.717, 1.165) is 6.42 Å². The van der Waals surface area contributed by atoms with Crippen molar-refractivity contribution in [2.24, 2.45) is 0 Å². The molecule has 0 unspecified atom stereocenters. The van der Waals surface area contributed by atoms with Gasteiger partial charge in [0.1, 0.15) is 0 Å². The van der Waals surface area contributed by atoms with Gasteiger partial charge in [-0.25, -0.2) is 4.79 Å². The molecule has 1 amide bonds. The number of rotatable bonds is 6. The molecule has 0 atom stereocenters. The quantitative estimate of drug-likeness (QED) is 0.749. The maximum Gasteiger partial charge on any atom is 0.337 e. The predicted molar refractivity (Wildman–Crippen MR) is 69.6 cm³/mol. The third-order valence-electron chi connectivity index (χ3n) is 2.31. The highest BCUT2D eigenvalue weighted by Gasteiger charge is 2.06. The molecule has 0 aliphatic rings. The van der Waals surface area contributed by atoms with Gasteiger partial charge in [0.15, 0.2) is 0 Å². The number of nitrogens with one attached hydrogen (secondary N) is 2. The highest BCUT2D eigenvalue weighted by Crippen LogP contribution is 2.10. The molecule has 1 aromatic rings. The molecule has 0 heterocycles. The number of hydrogen-bond acceptors (Lipinski definition) is 4. The van der Waals surface area contributed by atoms with Crippen molar-refractivity contribution in [1.29, 1.82) is 0 Å². The zero-order valence-corrected chi connectivity index (χ0v) is 10.7. The number of methoxy groups -OCH3 is 1. The van der Waals surface area contributed by atoms with Crippen molar-refractivity contribution in [2.45, 2.75) is 13.3 Å². The Morgan fingerprint density at radius 3 is 2.78 bits per heavy atom. The molecule has 1 aromatic carbocycles. The van der Waals surface area contributed by atoms with Crippen LogP contribution >= 0.6 is 0 Å². The van der Waals surface area contributed by atoms with Gasteiger partial charge in [0, 0.05) is 12.2 Å². The summed E-state index contributed by atoms with van der Waals surface area (Å²) in [6.45, 7) is 2.85. The molecular formula is C13H18N2O3. The number of carbonyl (C=O) groups excluding carboxylic acids is 2. The average molecular weight is 250 g/mol. The molecular weight excluding hydrogens is 232 g/mol. The Kier molecular flexibility index (Phi) is 5.70. The van der Waals surface area contributed by atoms with Crippen LogP contribution < -0.4 is 10.6 Å². The number of benzene rings is 1. The summed E-state index contributed by atoms with van der Waals surface area (Å²) in [6.07, 6.45) is 0.906. The zero-order chi connectivity index (χ0) is 13.4. The third-order valence-corrected chi connectivity index (χ3v) is 2.31. The number of anilines is 1. The van der Waals surface area contributed by atoms with E-state index in [9.17, 15) is 9.59 Å². The fraction of sp³-hybridized carbons (Fsp3) is 0.385. The van der Waals surface area contributed by atoms with Crippen LogP contribution in [0.4, 0.5) is 5.69 Å². The maximum absolute atomic E-state index is 11.4. The Balaban J connectivity index is 2.52. The summed E-state index contributed by atoms with van der Waals surface area (Å²) in [7, 11) is 1.33. The Labute approximate surface area is 107 Å². The first-order chi connectivity index (χ1) is 8.67. The Morgan fingerprint density at radius 1 is 1.33 bits per heavy atom. The van der Waals surface area contributed by atoms with Crippen molar-refractivity contribution >= 4 is 17.6 Å². The van der Waals surface area contributed by atoms with Gasteiger partial charge in [0.25, 0.3) is 0 Å². The van der Waals surface area contributed by atoms with Crippen LogP contribution in [-0.2, 0) is 9.53 Å². The lowest BCUT2D eigenvalue weighted by Crippen LogP contribution is -2.30. The third kappa shape index (κ3) is 4.45. The second kappa shape index (κ2) is 7.32. The van der Waals surface area contributed by atoms with Gasteiger partial charge in [-0.1, -0.05) is 13.0 Å². The van der Waals surface area contributed by atoms with E-state index in [-0.39, 0.29) is 12.5 Å². The molecule has 0 radical (unpaired) electrons. The van der Waals surface area contributed by atoms with Crippen LogP contribution in [0, 0.1) is 0 Å². The first kappa shape index (κ1) is 14.0. The van der Waals surface area contributed by atoms with E-state index in [1.807, 2.05) is 6.92 Å².